The summed E-state index contributed by atoms with van der Waals surface area (Å²) in [6, 6.07) is 9.11. The van der Waals surface area contributed by atoms with Crippen molar-refractivity contribution in [2.45, 2.75) is 13.0 Å². The number of benzene rings is 1. The topological polar surface area (TPSA) is 58.8 Å². The summed E-state index contributed by atoms with van der Waals surface area (Å²) in [5.74, 6) is 0.655. The van der Waals surface area contributed by atoms with E-state index in [1.54, 1.807) is 36.8 Å². The molecule has 0 spiro atoms. The highest BCUT2D eigenvalue weighted by Gasteiger charge is 2.08. The minimum Gasteiger partial charge on any atom is -0.484 e. The van der Waals surface area contributed by atoms with Crippen molar-refractivity contribution in [1.82, 2.24) is 9.97 Å². The molecule has 0 radical (unpaired) electrons. The van der Waals surface area contributed by atoms with E-state index in [1.807, 2.05) is 13.0 Å². The highest BCUT2D eigenvalue weighted by molar-refractivity contribution is 5.36. The number of nitrogens with zero attached hydrogens (tertiary/aromatic N) is 3. The molecular formula is C13H11N3O. The van der Waals surface area contributed by atoms with Crippen LogP contribution in [0.4, 0.5) is 0 Å². The van der Waals surface area contributed by atoms with E-state index in [0.29, 0.717) is 11.3 Å². The molecule has 0 bridgehead atoms. The van der Waals surface area contributed by atoms with Crippen molar-refractivity contribution in [2.75, 3.05) is 0 Å². The molecule has 1 atom stereocenters. The fourth-order valence-electron chi connectivity index (χ4n) is 1.42. The first-order chi connectivity index (χ1) is 8.29. The highest BCUT2D eigenvalue weighted by atomic mass is 16.5. The molecule has 84 valence electrons. The van der Waals surface area contributed by atoms with E-state index < -0.39 is 0 Å². The first-order valence-corrected chi connectivity index (χ1v) is 5.22. The minimum atomic E-state index is -0.197. The number of rotatable bonds is 3. The summed E-state index contributed by atoms with van der Waals surface area (Å²) in [6.07, 6.45) is 4.71. The molecule has 0 saturated heterocycles. The zero-order valence-electron chi connectivity index (χ0n) is 9.37. The first-order valence-electron chi connectivity index (χ1n) is 5.22. The van der Waals surface area contributed by atoms with Gasteiger partial charge < -0.3 is 4.74 Å². The van der Waals surface area contributed by atoms with Crippen LogP contribution < -0.4 is 4.74 Å². The van der Waals surface area contributed by atoms with E-state index in [2.05, 4.69) is 16.0 Å². The van der Waals surface area contributed by atoms with Crippen LogP contribution in [0, 0.1) is 11.3 Å². The van der Waals surface area contributed by atoms with Gasteiger partial charge >= 0.3 is 0 Å². The third-order valence-electron chi connectivity index (χ3n) is 2.28. The number of aromatic nitrogens is 2. The van der Waals surface area contributed by atoms with Gasteiger partial charge in [0.15, 0.2) is 0 Å². The van der Waals surface area contributed by atoms with Crippen molar-refractivity contribution in [1.29, 1.82) is 5.26 Å². The van der Waals surface area contributed by atoms with Crippen molar-refractivity contribution in [3.63, 3.8) is 0 Å². The van der Waals surface area contributed by atoms with Crippen molar-refractivity contribution in [2.24, 2.45) is 0 Å². The van der Waals surface area contributed by atoms with Gasteiger partial charge in [0.1, 0.15) is 11.9 Å². The molecule has 0 saturated carbocycles. The SMILES string of the molecule is CC(Oc1cccc(C#N)c1)c1cnccn1. The van der Waals surface area contributed by atoms with Crippen molar-refractivity contribution < 1.29 is 4.74 Å². The Kier molecular flexibility index (Phi) is 3.31. The lowest BCUT2D eigenvalue weighted by molar-refractivity contribution is 0.221. The quantitative estimate of drug-likeness (QED) is 0.805. The summed E-state index contributed by atoms with van der Waals surface area (Å²) in [4.78, 5) is 8.15. The summed E-state index contributed by atoms with van der Waals surface area (Å²) in [5, 5.41) is 8.79. The highest BCUT2D eigenvalue weighted by Crippen LogP contribution is 2.20. The predicted octanol–water partition coefficient (Wildman–Crippen LogP) is 2.49. The second-order valence-corrected chi connectivity index (χ2v) is 3.53. The maximum absolute atomic E-state index is 8.79. The van der Waals surface area contributed by atoms with Crippen LogP contribution in [0.5, 0.6) is 5.75 Å². The molecule has 0 aliphatic carbocycles. The Hall–Kier alpha value is -2.41. The molecule has 2 aromatic rings. The van der Waals surface area contributed by atoms with Crippen LogP contribution in [0.1, 0.15) is 24.3 Å². The number of hydrogen-bond donors (Lipinski definition) is 0. The van der Waals surface area contributed by atoms with Gasteiger partial charge in [-0.25, -0.2) is 0 Å². The van der Waals surface area contributed by atoms with Gasteiger partial charge in [-0.05, 0) is 25.1 Å². The Labute approximate surface area is 99.5 Å². The van der Waals surface area contributed by atoms with Crippen molar-refractivity contribution in [3.05, 3.63) is 54.1 Å². The molecule has 0 aliphatic heterocycles. The fourth-order valence-corrected chi connectivity index (χ4v) is 1.42. The largest absolute Gasteiger partial charge is 0.484 e. The average molecular weight is 225 g/mol. The molecule has 0 N–H and O–H groups in total. The second-order valence-electron chi connectivity index (χ2n) is 3.53. The van der Waals surface area contributed by atoms with E-state index >= 15 is 0 Å². The van der Waals surface area contributed by atoms with E-state index in [-0.39, 0.29) is 6.10 Å². The third kappa shape index (κ3) is 2.79. The maximum Gasteiger partial charge on any atom is 0.139 e. The Morgan fingerprint density at radius 2 is 2.24 bits per heavy atom. The van der Waals surface area contributed by atoms with Gasteiger partial charge in [-0.2, -0.15) is 5.26 Å². The summed E-state index contributed by atoms with van der Waals surface area (Å²) < 4.78 is 5.69. The average Bonchev–Trinajstić information content (AvgIpc) is 2.40. The zero-order chi connectivity index (χ0) is 12.1. The van der Waals surface area contributed by atoms with Crippen molar-refractivity contribution >= 4 is 0 Å². The molecule has 1 aromatic heterocycles. The monoisotopic (exact) mass is 225 g/mol. The Balaban J connectivity index is 2.13. The van der Waals surface area contributed by atoms with Gasteiger partial charge in [0, 0.05) is 12.4 Å². The summed E-state index contributed by atoms with van der Waals surface area (Å²) in [5.41, 5.74) is 1.34. The summed E-state index contributed by atoms with van der Waals surface area (Å²) in [6.45, 7) is 1.89. The molecule has 1 heterocycles. The van der Waals surface area contributed by atoms with Gasteiger partial charge in [-0.1, -0.05) is 6.07 Å². The van der Waals surface area contributed by atoms with Gasteiger partial charge in [0.05, 0.1) is 23.5 Å². The molecule has 0 amide bonds. The van der Waals surface area contributed by atoms with Crippen LogP contribution in [0.15, 0.2) is 42.9 Å². The van der Waals surface area contributed by atoms with E-state index in [1.165, 1.54) is 0 Å². The fraction of sp³-hybridized carbons (Fsp3) is 0.154. The Bertz CT molecular complexity index is 534. The van der Waals surface area contributed by atoms with Gasteiger partial charge in [-0.15, -0.1) is 0 Å². The lowest BCUT2D eigenvalue weighted by atomic mass is 10.2. The standard InChI is InChI=1S/C13H11N3O/c1-10(13-9-15-5-6-16-13)17-12-4-2-3-11(7-12)8-14/h2-7,9-10H,1H3. The van der Waals surface area contributed by atoms with E-state index in [0.717, 1.165) is 5.69 Å². The van der Waals surface area contributed by atoms with E-state index in [9.17, 15) is 0 Å². The second kappa shape index (κ2) is 5.08. The van der Waals surface area contributed by atoms with Crippen LogP contribution in [-0.4, -0.2) is 9.97 Å². The van der Waals surface area contributed by atoms with Gasteiger partial charge in [0.25, 0.3) is 0 Å². The summed E-state index contributed by atoms with van der Waals surface area (Å²) >= 11 is 0. The molecule has 2 rings (SSSR count). The minimum absolute atomic E-state index is 0.197. The Morgan fingerprint density at radius 3 is 2.94 bits per heavy atom. The molecule has 4 heteroatoms. The van der Waals surface area contributed by atoms with Crippen LogP contribution in [-0.2, 0) is 0 Å². The third-order valence-corrected chi connectivity index (χ3v) is 2.28. The molecule has 1 aromatic carbocycles. The molecular weight excluding hydrogens is 214 g/mol. The predicted molar refractivity (Wildman–Crippen MR) is 62.2 cm³/mol. The van der Waals surface area contributed by atoms with Crippen LogP contribution >= 0.6 is 0 Å². The van der Waals surface area contributed by atoms with Crippen LogP contribution in [0.2, 0.25) is 0 Å². The lowest BCUT2D eigenvalue weighted by Gasteiger charge is -2.13. The van der Waals surface area contributed by atoms with Gasteiger partial charge in [-0.3, -0.25) is 9.97 Å². The van der Waals surface area contributed by atoms with E-state index in [4.69, 9.17) is 10.00 Å². The molecule has 1 unspecified atom stereocenters. The molecule has 4 nitrogen and oxygen atoms in total. The summed E-state index contributed by atoms with van der Waals surface area (Å²) in [7, 11) is 0. The molecule has 0 aliphatic rings. The molecule has 17 heavy (non-hydrogen) atoms. The first kappa shape index (κ1) is 11.1. The van der Waals surface area contributed by atoms with Crippen molar-refractivity contribution in [3.8, 4) is 11.8 Å². The number of nitriles is 1. The van der Waals surface area contributed by atoms with Crippen LogP contribution in [0.25, 0.3) is 0 Å². The van der Waals surface area contributed by atoms with Gasteiger partial charge in [0.2, 0.25) is 0 Å². The zero-order valence-corrected chi connectivity index (χ0v) is 9.37. The number of hydrogen-bond acceptors (Lipinski definition) is 4. The Morgan fingerprint density at radius 1 is 1.35 bits per heavy atom. The lowest BCUT2D eigenvalue weighted by Crippen LogP contribution is -2.05. The van der Waals surface area contributed by atoms with Crippen LogP contribution in [0.3, 0.4) is 0 Å². The smallest absolute Gasteiger partial charge is 0.139 e. The maximum atomic E-state index is 8.79. The normalized spacial score (nSPS) is 11.5. The molecule has 0 fully saturated rings. The number of ether oxygens (including phenoxy) is 1.